The summed E-state index contributed by atoms with van der Waals surface area (Å²) in [5.74, 6) is -1.44. The number of hydrogen-bond acceptors (Lipinski definition) is 15. The fourth-order valence-corrected chi connectivity index (χ4v) is 11.5. The van der Waals surface area contributed by atoms with Crippen LogP contribution in [0.3, 0.4) is 0 Å². The van der Waals surface area contributed by atoms with Crippen molar-refractivity contribution in [3.63, 3.8) is 0 Å². The second-order valence-corrected chi connectivity index (χ2v) is 27.2. The first-order chi connectivity index (χ1) is 41.0. The number of esters is 4. The van der Waals surface area contributed by atoms with Gasteiger partial charge in [-0.1, -0.05) is 285 Å². The Morgan fingerprint density at radius 2 is 0.541 bits per heavy atom. The van der Waals surface area contributed by atoms with Gasteiger partial charge < -0.3 is 33.8 Å². The molecule has 85 heavy (non-hydrogen) atoms. The molecule has 2 unspecified atom stereocenters. The molecule has 0 aliphatic rings. The lowest BCUT2D eigenvalue weighted by Gasteiger charge is -2.21. The number of ether oxygens (including phenoxy) is 4. The second kappa shape index (κ2) is 59.7. The highest BCUT2D eigenvalue weighted by molar-refractivity contribution is 7.47. The first kappa shape index (κ1) is 83.1. The number of hydrogen-bond donors (Lipinski definition) is 3. The Morgan fingerprint density at radius 1 is 0.318 bits per heavy atom. The highest BCUT2D eigenvalue weighted by atomic mass is 31.2. The minimum absolute atomic E-state index is 0.105. The lowest BCUT2D eigenvalue weighted by atomic mass is 10.0. The van der Waals surface area contributed by atoms with Gasteiger partial charge in [0.1, 0.15) is 19.3 Å². The summed E-state index contributed by atoms with van der Waals surface area (Å²) in [4.78, 5) is 71.9. The van der Waals surface area contributed by atoms with Gasteiger partial charge in [0.05, 0.1) is 26.4 Å². The van der Waals surface area contributed by atoms with Crippen molar-refractivity contribution in [2.45, 2.75) is 355 Å². The molecule has 0 aliphatic carbocycles. The summed E-state index contributed by atoms with van der Waals surface area (Å²) in [6.45, 7) is 7.04. The van der Waals surface area contributed by atoms with Gasteiger partial charge in [0, 0.05) is 25.7 Å². The number of carbonyl (C=O) groups excluding carboxylic acids is 4. The highest BCUT2D eigenvalue weighted by Gasteiger charge is 2.30. The summed E-state index contributed by atoms with van der Waals surface area (Å²) in [5.41, 5.74) is 0. The molecule has 3 N–H and O–H groups in total. The average molecular weight is 1260 g/mol. The lowest BCUT2D eigenvalue weighted by Crippen LogP contribution is -2.30. The van der Waals surface area contributed by atoms with E-state index in [9.17, 15) is 43.2 Å². The van der Waals surface area contributed by atoms with Crippen LogP contribution in [0.15, 0.2) is 0 Å². The largest absolute Gasteiger partial charge is 0.472 e. The van der Waals surface area contributed by atoms with Gasteiger partial charge in [0.2, 0.25) is 0 Å². The number of unbranched alkanes of at least 4 members (excludes halogenated alkanes) is 38. The van der Waals surface area contributed by atoms with Crippen molar-refractivity contribution < 1.29 is 80.2 Å². The van der Waals surface area contributed by atoms with Gasteiger partial charge in [-0.15, -0.1) is 0 Å². The molecule has 0 radical (unpaired) electrons. The summed E-state index contributed by atoms with van der Waals surface area (Å²) in [6.07, 6.45) is 45.2. The van der Waals surface area contributed by atoms with Crippen molar-refractivity contribution in [2.75, 3.05) is 39.6 Å². The van der Waals surface area contributed by atoms with Crippen LogP contribution in [0.2, 0.25) is 0 Å². The Balaban J connectivity index is 5.06. The quantitative estimate of drug-likeness (QED) is 0.0222. The molecule has 0 amide bonds. The number of carbonyl (C=O) groups is 4. The van der Waals surface area contributed by atoms with Crippen molar-refractivity contribution in [1.29, 1.82) is 0 Å². The van der Waals surface area contributed by atoms with E-state index in [0.717, 1.165) is 103 Å². The monoisotopic (exact) mass is 1250 g/mol. The maximum absolute atomic E-state index is 13.0. The zero-order valence-electron chi connectivity index (χ0n) is 54.7. The van der Waals surface area contributed by atoms with Gasteiger partial charge in [-0.2, -0.15) is 0 Å². The van der Waals surface area contributed by atoms with Gasteiger partial charge in [-0.05, 0) is 31.6 Å². The van der Waals surface area contributed by atoms with Crippen LogP contribution in [-0.2, 0) is 65.4 Å². The number of aliphatic hydroxyl groups excluding tert-OH is 1. The van der Waals surface area contributed by atoms with Crippen molar-refractivity contribution in [2.24, 2.45) is 5.92 Å². The lowest BCUT2D eigenvalue weighted by molar-refractivity contribution is -0.161. The van der Waals surface area contributed by atoms with Crippen molar-refractivity contribution in [3.8, 4) is 0 Å². The first-order valence-electron chi connectivity index (χ1n) is 34.6. The predicted octanol–water partition coefficient (Wildman–Crippen LogP) is 18.6. The molecule has 0 bridgehead atoms. The number of phosphoric acid groups is 2. The second-order valence-electron chi connectivity index (χ2n) is 24.3. The minimum Gasteiger partial charge on any atom is -0.462 e. The van der Waals surface area contributed by atoms with Gasteiger partial charge in [0.15, 0.2) is 12.2 Å². The Labute approximate surface area is 517 Å². The summed E-state index contributed by atoms with van der Waals surface area (Å²) in [7, 11) is -9.88. The van der Waals surface area contributed by atoms with E-state index < -0.39 is 97.5 Å². The van der Waals surface area contributed by atoms with Crippen LogP contribution in [0.1, 0.15) is 336 Å². The first-order valence-corrected chi connectivity index (χ1v) is 37.6. The zero-order chi connectivity index (χ0) is 62.8. The molecule has 0 saturated heterocycles. The van der Waals surface area contributed by atoms with Gasteiger partial charge in [0.25, 0.3) is 0 Å². The Kier molecular flexibility index (Phi) is 58.3. The van der Waals surface area contributed by atoms with Crippen LogP contribution < -0.4 is 0 Å². The van der Waals surface area contributed by atoms with Crippen molar-refractivity contribution in [3.05, 3.63) is 0 Å². The number of phosphoric ester groups is 2. The van der Waals surface area contributed by atoms with Gasteiger partial charge >= 0.3 is 39.5 Å². The summed E-state index contributed by atoms with van der Waals surface area (Å²) >= 11 is 0. The van der Waals surface area contributed by atoms with E-state index in [1.165, 1.54) is 148 Å². The summed E-state index contributed by atoms with van der Waals surface area (Å²) < 4.78 is 67.8. The molecule has 0 aromatic heterocycles. The molecule has 0 saturated carbocycles. The number of aliphatic hydroxyl groups is 1. The molecule has 0 aliphatic heterocycles. The van der Waals surface area contributed by atoms with Crippen LogP contribution in [0.4, 0.5) is 0 Å². The van der Waals surface area contributed by atoms with E-state index in [4.69, 9.17) is 37.0 Å². The smallest absolute Gasteiger partial charge is 0.462 e. The fourth-order valence-electron chi connectivity index (χ4n) is 9.94. The van der Waals surface area contributed by atoms with Crippen LogP contribution in [0, 0.1) is 5.92 Å². The Morgan fingerprint density at radius 3 is 0.800 bits per heavy atom. The van der Waals surface area contributed by atoms with Crippen molar-refractivity contribution in [1.82, 2.24) is 0 Å². The molecule has 5 atom stereocenters. The third-order valence-corrected chi connectivity index (χ3v) is 17.2. The van der Waals surface area contributed by atoms with E-state index in [2.05, 4.69) is 34.6 Å². The summed E-state index contributed by atoms with van der Waals surface area (Å²) in [6, 6.07) is 0. The zero-order valence-corrected chi connectivity index (χ0v) is 56.5. The predicted molar refractivity (Wildman–Crippen MR) is 340 cm³/mol. The molecule has 0 fully saturated rings. The molecule has 0 aromatic rings. The van der Waals surface area contributed by atoms with E-state index in [0.29, 0.717) is 31.6 Å². The molecule has 0 heterocycles. The maximum Gasteiger partial charge on any atom is 0.472 e. The van der Waals surface area contributed by atoms with E-state index in [1.54, 1.807) is 0 Å². The van der Waals surface area contributed by atoms with Crippen molar-refractivity contribution >= 4 is 39.5 Å². The standard InChI is InChI=1S/C66H128O17P2/c1-6-9-12-15-17-19-20-21-22-23-24-25-26-27-28-29-30-32-36-42-47-52-66(71)83-62(56-77-64(69)50-45-40-37-33-34-39-43-48-59(4)5)58-81-85(74,75)79-54-60(67)53-78-84(72,73)80-57-61(55-76-63(68)49-44-38-14-11-8-3)82-65(70)51-46-41-35-31-18-16-13-10-7-2/h59-62,67H,6-58H2,1-5H3,(H,72,73)(H,74,75)/t60-,61+,62+/m0/s1. The molecule has 0 aromatic carbocycles. The minimum atomic E-state index is -4.94. The van der Waals surface area contributed by atoms with E-state index in [1.807, 2.05) is 0 Å². The fraction of sp³-hybridized carbons (Fsp3) is 0.939. The maximum atomic E-state index is 13.0. The van der Waals surface area contributed by atoms with Crippen LogP contribution in [0.25, 0.3) is 0 Å². The summed E-state index contributed by atoms with van der Waals surface area (Å²) in [5, 5.41) is 10.5. The van der Waals surface area contributed by atoms with Crippen LogP contribution in [-0.4, -0.2) is 96.7 Å². The molecular weight excluding hydrogens is 1130 g/mol. The van der Waals surface area contributed by atoms with E-state index in [-0.39, 0.29) is 25.7 Å². The molecular formula is C66H128O17P2. The van der Waals surface area contributed by atoms with Gasteiger partial charge in [-0.25, -0.2) is 9.13 Å². The third kappa shape index (κ3) is 60.7. The molecule has 0 rings (SSSR count). The highest BCUT2D eigenvalue weighted by Crippen LogP contribution is 2.45. The topological polar surface area (TPSA) is 237 Å². The molecule has 19 heteroatoms. The number of rotatable bonds is 66. The SMILES string of the molecule is CCCCCCCCCCCCCCCCCCCCCCCC(=O)O[C@H](COC(=O)CCCCCCCCCC(C)C)COP(=O)(O)OC[C@@H](O)COP(=O)(O)OC[C@@H](COC(=O)CCCCCCC)OC(=O)CCCCCCCCCCC. The molecule has 504 valence electrons. The van der Waals surface area contributed by atoms with Crippen LogP contribution in [0.5, 0.6) is 0 Å². The molecule has 17 nitrogen and oxygen atoms in total. The third-order valence-electron chi connectivity index (χ3n) is 15.3. The average Bonchev–Trinajstić information content (AvgIpc) is 3.55. The Hall–Kier alpha value is -1.94. The molecule has 0 spiro atoms. The van der Waals surface area contributed by atoms with Gasteiger partial charge in [-0.3, -0.25) is 37.3 Å². The van der Waals surface area contributed by atoms with E-state index >= 15 is 0 Å². The Bertz CT molecular complexity index is 1650. The van der Waals surface area contributed by atoms with Crippen LogP contribution >= 0.6 is 15.6 Å². The normalized spacial score (nSPS) is 14.2.